The van der Waals surface area contributed by atoms with E-state index in [2.05, 4.69) is 10.3 Å². The summed E-state index contributed by atoms with van der Waals surface area (Å²) in [4.78, 5) is 26.7. The molecule has 3 aromatic rings. The van der Waals surface area contributed by atoms with Crippen LogP contribution in [0.3, 0.4) is 0 Å². The maximum atomic E-state index is 13.6. The summed E-state index contributed by atoms with van der Waals surface area (Å²) >= 11 is 5.87. The third-order valence-corrected chi connectivity index (χ3v) is 4.45. The molecule has 28 heavy (non-hydrogen) atoms. The number of hydrogen-bond acceptors (Lipinski definition) is 3. The zero-order valence-corrected chi connectivity index (χ0v) is 15.6. The lowest BCUT2D eigenvalue weighted by atomic mass is 10.1. The average molecular weight is 401 g/mol. The van der Waals surface area contributed by atoms with Crippen molar-refractivity contribution in [2.75, 3.05) is 13.2 Å². The van der Waals surface area contributed by atoms with Crippen molar-refractivity contribution >= 4 is 40.5 Å². The smallest absolute Gasteiger partial charge is 0.331 e. The maximum absolute atomic E-state index is 13.6. The molecule has 0 radical (unpaired) electrons. The van der Waals surface area contributed by atoms with Crippen LogP contribution in [-0.4, -0.2) is 30.0 Å². The van der Waals surface area contributed by atoms with E-state index >= 15 is 0 Å². The monoisotopic (exact) mass is 400 g/mol. The lowest BCUT2D eigenvalue weighted by Gasteiger charge is -2.05. The van der Waals surface area contributed by atoms with Crippen LogP contribution in [0, 0.1) is 5.82 Å². The highest BCUT2D eigenvalue weighted by atomic mass is 35.5. The van der Waals surface area contributed by atoms with Crippen LogP contribution in [-0.2, 0) is 20.7 Å². The van der Waals surface area contributed by atoms with E-state index < -0.39 is 24.3 Å². The molecule has 0 aliphatic carbocycles. The number of esters is 1. The summed E-state index contributed by atoms with van der Waals surface area (Å²) in [6.07, 6.45) is 4.81. The Kier molecular flexibility index (Phi) is 6.45. The highest BCUT2D eigenvalue weighted by molar-refractivity contribution is 6.32. The Morgan fingerprint density at radius 3 is 2.82 bits per heavy atom. The van der Waals surface area contributed by atoms with Gasteiger partial charge in [0.1, 0.15) is 5.82 Å². The molecule has 0 aliphatic rings. The van der Waals surface area contributed by atoms with E-state index in [0.29, 0.717) is 13.0 Å². The van der Waals surface area contributed by atoms with Crippen LogP contribution in [0.4, 0.5) is 4.39 Å². The van der Waals surface area contributed by atoms with E-state index in [0.717, 1.165) is 22.5 Å². The second-order valence-corrected chi connectivity index (χ2v) is 6.44. The van der Waals surface area contributed by atoms with Gasteiger partial charge in [0.15, 0.2) is 6.61 Å². The third-order valence-electron chi connectivity index (χ3n) is 4.12. The number of H-pyrrole nitrogens is 1. The lowest BCUT2D eigenvalue weighted by molar-refractivity contribution is -0.143. The molecule has 0 saturated carbocycles. The standard InChI is InChI=1S/C21H18ClFN2O3/c22-17-5-3-6-18(23)16(17)8-9-21(27)28-13-20(26)24-11-10-14-12-25-19-7-2-1-4-15(14)19/h1-9,12,25H,10-11,13H2,(H,24,26)/b9-8+. The van der Waals surface area contributed by atoms with E-state index in [-0.39, 0.29) is 10.6 Å². The summed E-state index contributed by atoms with van der Waals surface area (Å²) in [5, 5.41) is 3.99. The fraction of sp³-hybridized carbons (Fsp3) is 0.143. The maximum Gasteiger partial charge on any atom is 0.331 e. The zero-order valence-electron chi connectivity index (χ0n) is 14.9. The number of hydrogen-bond donors (Lipinski definition) is 2. The quantitative estimate of drug-likeness (QED) is 0.467. The molecule has 0 fully saturated rings. The molecule has 144 valence electrons. The zero-order chi connectivity index (χ0) is 19.9. The Morgan fingerprint density at radius 1 is 1.18 bits per heavy atom. The third kappa shape index (κ3) is 4.98. The predicted molar refractivity (Wildman–Crippen MR) is 106 cm³/mol. The molecule has 0 atom stereocenters. The van der Waals surface area contributed by atoms with Crippen LogP contribution < -0.4 is 5.32 Å². The largest absolute Gasteiger partial charge is 0.452 e. The van der Waals surface area contributed by atoms with Crippen LogP contribution in [0.5, 0.6) is 0 Å². The normalized spacial score (nSPS) is 11.1. The molecule has 0 saturated heterocycles. The molecule has 5 nitrogen and oxygen atoms in total. The molecular formula is C21H18ClFN2O3. The minimum Gasteiger partial charge on any atom is -0.452 e. The SMILES string of the molecule is O=C(COC(=O)/C=C/c1c(F)cccc1Cl)NCCc1c[nH]c2ccccc12. The van der Waals surface area contributed by atoms with Gasteiger partial charge >= 0.3 is 5.97 Å². The molecule has 0 spiro atoms. The van der Waals surface area contributed by atoms with Crippen LogP contribution in [0.15, 0.2) is 54.7 Å². The molecule has 0 bridgehead atoms. The van der Waals surface area contributed by atoms with Crippen molar-refractivity contribution in [1.82, 2.24) is 10.3 Å². The van der Waals surface area contributed by atoms with E-state index in [1.807, 2.05) is 30.5 Å². The summed E-state index contributed by atoms with van der Waals surface area (Å²) < 4.78 is 18.5. The fourth-order valence-electron chi connectivity index (χ4n) is 2.73. The number of ether oxygens (including phenoxy) is 1. The second-order valence-electron chi connectivity index (χ2n) is 6.04. The molecule has 7 heteroatoms. The topological polar surface area (TPSA) is 71.2 Å². The van der Waals surface area contributed by atoms with Gasteiger partial charge in [-0.25, -0.2) is 9.18 Å². The Labute approximate surface area is 166 Å². The first-order valence-corrected chi connectivity index (χ1v) is 9.03. The van der Waals surface area contributed by atoms with Gasteiger partial charge in [-0.3, -0.25) is 4.79 Å². The minimum atomic E-state index is -0.758. The highest BCUT2D eigenvalue weighted by Gasteiger charge is 2.08. The first-order chi connectivity index (χ1) is 13.5. The van der Waals surface area contributed by atoms with Crippen molar-refractivity contribution < 1.29 is 18.7 Å². The van der Waals surface area contributed by atoms with Crippen LogP contribution >= 0.6 is 11.6 Å². The van der Waals surface area contributed by atoms with Crippen molar-refractivity contribution in [2.24, 2.45) is 0 Å². The number of fused-ring (bicyclic) bond motifs is 1. The highest BCUT2D eigenvalue weighted by Crippen LogP contribution is 2.20. The Bertz CT molecular complexity index is 1010. The number of benzene rings is 2. The number of amides is 1. The van der Waals surface area contributed by atoms with E-state index in [1.54, 1.807) is 0 Å². The Balaban J connectivity index is 1.43. The number of rotatable bonds is 7. The summed E-state index contributed by atoms with van der Waals surface area (Å²) in [6.45, 7) is 0.000959. The van der Waals surface area contributed by atoms with Gasteiger partial charge in [0.05, 0.1) is 5.02 Å². The summed E-state index contributed by atoms with van der Waals surface area (Å²) in [5.41, 5.74) is 2.22. The van der Waals surface area contributed by atoms with Crippen molar-refractivity contribution in [1.29, 1.82) is 0 Å². The average Bonchev–Trinajstić information content (AvgIpc) is 3.09. The van der Waals surface area contributed by atoms with Gasteiger partial charge in [-0.1, -0.05) is 35.9 Å². The Morgan fingerprint density at radius 2 is 2.00 bits per heavy atom. The van der Waals surface area contributed by atoms with Crippen LogP contribution in [0.25, 0.3) is 17.0 Å². The van der Waals surface area contributed by atoms with E-state index in [1.165, 1.54) is 24.3 Å². The summed E-state index contributed by atoms with van der Waals surface area (Å²) in [6, 6.07) is 12.1. The van der Waals surface area contributed by atoms with Gasteiger partial charge < -0.3 is 15.0 Å². The number of aromatic amines is 1. The molecule has 1 amide bonds. The number of carbonyl (C=O) groups is 2. The number of nitrogens with one attached hydrogen (secondary N) is 2. The minimum absolute atomic E-state index is 0.0873. The van der Waals surface area contributed by atoms with Gasteiger partial charge in [-0.15, -0.1) is 0 Å². The number of para-hydroxylation sites is 1. The van der Waals surface area contributed by atoms with Gasteiger partial charge in [0, 0.05) is 35.3 Å². The summed E-state index contributed by atoms with van der Waals surface area (Å²) in [7, 11) is 0. The number of aromatic nitrogens is 1. The summed E-state index contributed by atoms with van der Waals surface area (Å²) in [5.74, 6) is -1.72. The van der Waals surface area contributed by atoms with Crippen LogP contribution in [0.2, 0.25) is 5.02 Å². The van der Waals surface area contributed by atoms with Gasteiger partial charge in [0.25, 0.3) is 5.91 Å². The predicted octanol–water partition coefficient (Wildman–Crippen LogP) is 3.88. The van der Waals surface area contributed by atoms with Crippen molar-refractivity contribution in [3.63, 3.8) is 0 Å². The van der Waals surface area contributed by atoms with Crippen molar-refractivity contribution in [2.45, 2.75) is 6.42 Å². The van der Waals surface area contributed by atoms with Gasteiger partial charge in [-0.2, -0.15) is 0 Å². The van der Waals surface area contributed by atoms with Crippen molar-refractivity contribution in [3.8, 4) is 0 Å². The molecule has 1 aromatic heterocycles. The molecular weight excluding hydrogens is 383 g/mol. The molecule has 2 N–H and O–H groups in total. The van der Waals surface area contributed by atoms with Crippen molar-refractivity contribution in [3.05, 3.63) is 76.7 Å². The first-order valence-electron chi connectivity index (χ1n) is 8.65. The van der Waals surface area contributed by atoms with Gasteiger partial charge in [-0.05, 0) is 36.3 Å². The molecule has 1 heterocycles. The van der Waals surface area contributed by atoms with E-state index in [4.69, 9.17) is 16.3 Å². The Hall–Kier alpha value is -3.12. The number of halogens is 2. The molecule has 0 unspecified atom stereocenters. The van der Waals surface area contributed by atoms with E-state index in [9.17, 15) is 14.0 Å². The molecule has 3 rings (SSSR count). The first kappa shape index (κ1) is 19.6. The number of carbonyl (C=O) groups excluding carboxylic acids is 2. The van der Waals surface area contributed by atoms with Gasteiger partial charge in [0.2, 0.25) is 0 Å². The lowest BCUT2D eigenvalue weighted by Crippen LogP contribution is -2.30. The van der Waals surface area contributed by atoms with Crippen LogP contribution in [0.1, 0.15) is 11.1 Å². The molecule has 0 aliphatic heterocycles. The second kappa shape index (κ2) is 9.19. The fourth-order valence-corrected chi connectivity index (χ4v) is 2.96. The molecule has 2 aromatic carbocycles.